The highest BCUT2D eigenvalue weighted by Gasteiger charge is 2.68. The predicted octanol–water partition coefficient (Wildman–Crippen LogP) is 1.70. The van der Waals surface area contributed by atoms with E-state index in [0.717, 1.165) is 5.56 Å². The van der Waals surface area contributed by atoms with Gasteiger partial charge in [-0.2, -0.15) is 0 Å². The number of hydrogen-bond acceptors (Lipinski definition) is 6. The number of ether oxygens (including phenoxy) is 1. The van der Waals surface area contributed by atoms with Gasteiger partial charge in [0.2, 0.25) is 11.8 Å². The molecular formula is C21H22N2O5. The zero-order chi connectivity index (χ0) is 19.9. The molecule has 146 valence electrons. The Morgan fingerprint density at radius 3 is 2.54 bits per heavy atom. The molecule has 1 N–H and O–H groups in total. The summed E-state index contributed by atoms with van der Waals surface area (Å²) >= 11 is 0. The molecule has 0 spiro atoms. The maximum absolute atomic E-state index is 13.2. The number of amides is 2. The van der Waals surface area contributed by atoms with Crippen molar-refractivity contribution in [3.05, 3.63) is 60.1 Å². The molecule has 1 aromatic carbocycles. The summed E-state index contributed by atoms with van der Waals surface area (Å²) in [6.45, 7) is 2.02. The predicted molar refractivity (Wildman–Crippen MR) is 98.9 cm³/mol. The quantitative estimate of drug-likeness (QED) is 0.625. The first kappa shape index (κ1) is 18.4. The molecule has 4 rings (SSSR count). The van der Waals surface area contributed by atoms with Crippen LogP contribution < -0.4 is 5.32 Å². The van der Waals surface area contributed by atoms with E-state index in [0.29, 0.717) is 5.76 Å². The Labute approximate surface area is 162 Å². The van der Waals surface area contributed by atoms with Gasteiger partial charge in [-0.15, -0.1) is 0 Å². The van der Waals surface area contributed by atoms with E-state index >= 15 is 0 Å². The van der Waals surface area contributed by atoms with E-state index in [-0.39, 0.29) is 24.8 Å². The molecule has 0 bridgehead atoms. The van der Waals surface area contributed by atoms with Crippen molar-refractivity contribution in [3.8, 4) is 0 Å². The number of hydrogen-bond donors (Lipinski definition) is 1. The third-order valence-corrected chi connectivity index (χ3v) is 5.79. The summed E-state index contributed by atoms with van der Waals surface area (Å²) in [7, 11) is 1.30. The fourth-order valence-electron chi connectivity index (χ4n) is 4.61. The highest BCUT2D eigenvalue weighted by Crippen LogP contribution is 2.50. The lowest BCUT2D eigenvalue weighted by atomic mass is 9.76. The molecule has 2 aromatic rings. The fraction of sp³-hybridized carbons (Fsp3) is 0.381. The molecule has 2 saturated heterocycles. The molecule has 7 nitrogen and oxygen atoms in total. The summed E-state index contributed by atoms with van der Waals surface area (Å²) in [4.78, 5) is 40.5. The molecule has 4 atom stereocenters. The van der Waals surface area contributed by atoms with Gasteiger partial charge >= 0.3 is 5.97 Å². The van der Waals surface area contributed by atoms with E-state index in [9.17, 15) is 14.4 Å². The Hall–Kier alpha value is -2.93. The molecule has 0 saturated carbocycles. The van der Waals surface area contributed by atoms with Crippen molar-refractivity contribution >= 4 is 17.8 Å². The molecule has 0 aliphatic carbocycles. The lowest BCUT2D eigenvalue weighted by Gasteiger charge is -2.32. The molecule has 4 unspecified atom stereocenters. The molecule has 2 amide bonds. The van der Waals surface area contributed by atoms with E-state index < -0.39 is 29.4 Å². The van der Waals surface area contributed by atoms with E-state index in [4.69, 9.17) is 9.15 Å². The third kappa shape index (κ3) is 2.57. The van der Waals surface area contributed by atoms with Crippen molar-refractivity contribution < 1.29 is 23.5 Å². The number of nitrogens with one attached hydrogen (secondary N) is 1. The molecule has 2 aliphatic rings. The number of benzene rings is 1. The van der Waals surface area contributed by atoms with Crippen LogP contribution in [0.25, 0.3) is 0 Å². The third-order valence-electron chi connectivity index (χ3n) is 5.79. The first-order valence-corrected chi connectivity index (χ1v) is 9.32. The number of rotatable bonds is 5. The smallest absolute Gasteiger partial charge is 0.327 e. The van der Waals surface area contributed by atoms with Gasteiger partial charge < -0.3 is 9.15 Å². The minimum absolute atomic E-state index is 0.232. The van der Waals surface area contributed by atoms with E-state index in [1.165, 1.54) is 18.3 Å². The molecule has 3 heterocycles. The van der Waals surface area contributed by atoms with Crippen LogP contribution in [0.1, 0.15) is 24.3 Å². The van der Waals surface area contributed by atoms with Gasteiger partial charge in [0.15, 0.2) is 0 Å². The number of nitrogens with zero attached hydrogens (tertiary/aromatic N) is 1. The lowest BCUT2D eigenvalue weighted by Crippen LogP contribution is -2.57. The van der Waals surface area contributed by atoms with Gasteiger partial charge in [0.1, 0.15) is 11.3 Å². The molecule has 7 heteroatoms. The maximum atomic E-state index is 13.2. The zero-order valence-electron chi connectivity index (χ0n) is 15.8. The molecule has 2 aliphatic heterocycles. The van der Waals surface area contributed by atoms with Gasteiger partial charge in [0.25, 0.3) is 0 Å². The summed E-state index contributed by atoms with van der Waals surface area (Å²) < 4.78 is 10.7. The second-order valence-electron chi connectivity index (χ2n) is 7.19. The lowest BCUT2D eigenvalue weighted by molar-refractivity contribution is -0.154. The number of fused-ring (bicyclic) bond motifs is 1. The van der Waals surface area contributed by atoms with Crippen molar-refractivity contribution in [1.29, 1.82) is 0 Å². The van der Waals surface area contributed by atoms with Gasteiger partial charge in [0.05, 0.1) is 31.3 Å². The molecule has 0 radical (unpaired) electrons. The zero-order valence-corrected chi connectivity index (χ0v) is 15.8. The second kappa shape index (κ2) is 6.91. The summed E-state index contributed by atoms with van der Waals surface area (Å²) in [5.74, 6) is -2.25. The van der Waals surface area contributed by atoms with Crippen molar-refractivity contribution in [2.45, 2.75) is 24.9 Å². The largest absolute Gasteiger partial charge is 0.468 e. The highest BCUT2D eigenvalue weighted by atomic mass is 16.5. The van der Waals surface area contributed by atoms with Crippen LogP contribution >= 0.6 is 0 Å². The number of esters is 1. The molecule has 2 fully saturated rings. The fourth-order valence-corrected chi connectivity index (χ4v) is 4.61. The van der Waals surface area contributed by atoms with Crippen LogP contribution in [0, 0.1) is 11.8 Å². The normalized spacial score (nSPS) is 29.2. The molecule has 1 aromatic heterocycles. The summed E-state index contributed by atoms with van der Waals surface area (Å²) in [6.07, 6.45) is 1.75. The SMILES string of the molecule is CCN1C(=O)C2C(c3ccco3)NC(Cc3ccccc3)(C(=O)OC)C2C1=O. The highest BCUT2D eigenvalue weighted by molar-refractivity contribution is 6.09. The summed E-state index contributed by atoms with van der Waals surface area (Å²) in [6, 6.07) is 12.3. The van der Waals surface area contributed by atoms with E-state index in [1.54, 1.807) is 19.1 Å². The Morgan fingerprint density at radius 1 is 1.18 bits per heavy atom. The van der Waals surface area contributed by atoms with E-state index in [2.05, 4.69) is 5.32 Å². The van der Waals surface area contributed by atoms with Crippen LogP contribution in [-0.4, -0.2) is 41.9 Å². The number of carbonyl (C=O) groups excluding carboxylic acids is 3. The topological polar surface area (TPSA) is 88.8 Å². The number of likely N-dealkylation sites (tertiary alicyclic amines) is 1. The van der Waals surface area contributed by atoms with Crippen molar-refractivity contribution in [2.75, 3.05) is 13.7 Å². The van der Waals surface area contributed by atoms with Crippen LogP contribution in [0.3, 0.4) is 0 Å². The van der Waals surface area contributed by atoms with Crippen LogP contribution in [0.4, 0.5) is 0 Å². The number of imide groups is 1. The molecular weight excluding hydrogens is 360 g/mol. The van der Waals surface area contributed by atoms with Crippen molar-refractivity contribution in [2.24, 2.45) is 11.8 Å². The number of furan rings is 1. The summed E-state index contributed by atoms with van der Waals surface area (Å²) in [5, 5.41) is 3.28. The number of carbonyl (C=O) groups is 3. The van der Waals surface area contributed by atoms with Crippen molar-refractivity contribution in [3.63, 3.8) is 0 Å². The first-order chi connectivity index (χ1) is 13.5. The van der Waals surface area contributed by atoms with Gasteiger partial charge in [-0.05, 0) is 24.6 Å². The summed E-state index contributed by atoms with van der Waals surface area (Å²) in [5.41, 5.74) is -0.482. The van der Waals surface area contributed by atoms with E-state index in [1.807, 2.05) is 30.3 Å². The standard InChI is InChI=1S/C21H22N2O5/c1-3-23-18(24)15-16(19(23)25)21(20(26)27-2,12-13-8-5-4-6-9-13)22-17(15)14-10-7-11-28-14/h4-11,15-17,22H,3,12H2,1-2H3. The van der Waals surface area contributed by atoms with Crippen LogP contribution in [-0.2, 0) is 25.5 Å². The first-order valence-electron chi connectivity index (χ1n) is 9.32. The average molecular weight is 382 g/mol. The minimum atomic E-state index is -1.35. The minimum Gasteiger partial charge on any atom is -0.468 e. The van der Waals surface area contributed by atoms with Gasteiger partial charge in [-0.3, -0.25) is 24.6 Å². The van der Waals surface area contributed by atoms with Gasteiger partial charge in [-0.1, -0.05) is 30.3 Å². The molecule has 28 heavy (non-hydrogen) atoms. The van der Waals surface area contributed by atoms with Gasteiger partial charge in [0, 0.05) is 13.0 Å². The maximum Gasteiger partial charge on any atom is 0.327 e. The number of methoxy groups -OCH3 is 1. The van der Waals surface area contributed by atoms with Crippen LogP contribution in [0.2, 0.25) is 0 Å². The Bertz CT molecular complexity index is 895. The van der Waals surface area contributed by atoms with Crippen LogP contribution in [0.5, 0.6) is 0 Å². The van der Waals surface area contributed by atoms with Crippen LogP contribution in [0.15, 0.2) is 53.1 Å². The Balaban J connectivity index is 1.86. The second-order valence-corrected chi connectivity index (χ2v) is 7.19. The Morgan fingerprint density at radius 2 is 1.93 bits per heavy atom. The Kier molecular flexibility index (Phi) is 4.55. The van der Waals surface area contributed by atoms with Gasteiger partial charge in [-0.25, -0.2) is 0 Å². The monoisotopic (exact) mass is 382 g/mol. The average Bonchev–Trinajstić information content (AvgIpc) is 3.40. The van der Waals surface area contributed by atoms with Crippen molar-refractivity contribution in [1.82, 2.24) is 10.2 Å².